The van der Waals surface area contributed by atoms with Crippen molar-refractivity contribution in [3.05, 3.63) is 65.2 Å². The molecule has 1 aromatic carbocycles. The molecule has 3 aromatic heterocycles. The summed E-state index contributed by atoms with van der Waals surface area (Å²) < 4.78 is 5.25. The van der Waals surface area contributed by atoms with Crippen molar-refractivity contribution < 1.29 is 9.32 Å². The number of H-pyrrole nitrogens is 2. The summed E-state index contributed by atoms with van der Waals surface area (Å²) >= 11 is 4.44. The van der Waals surface area contributed by atoms with Crippen LogP contribution < -0.4 is 5.32 Å². The average molecular weight is 449 g/mol. The number of amides is 1. The molecule has 0 radical (unpaired) electrons. The van der Waals surface area contributed by atoms with Gasteiger partial charge in [0.15, 0.2) is 11.6 Å². The van der Waals surface area contributed by atoms with Crippen LogP contribution in [0.15, 0.2) is 52.4 Å². The number of carbonyl (C=O) groups is 1. The van der Waals surface area contributed by atoms with Crippen LogP contribution in [0.1, 0.15) is 35.5 Å². The molecule has 8 nitrogen and oxygen atoms in total. The minimum Gasteiger partial charge on any atom is -0.351 e. The minimum atomic E-state index is -0.290. The Morgan fingerprint density at radius 1 is 1.28 bits per heavy atom. The summed E-state index contributed by atoms with van der Waals surface area (Å²) in [6.07, 6.45) is 4.38. The number of aromatic amines is 2. The zero-order valence-electron chi connectivity index (χ0n) is 18.1. The van der Waals surface area contributed by atoms with Crippen LogP contribution in [0.5, 0.6) is 0 Å². The molecular formula is C23H24N6O2S. The van der Waals surface area contributed by atoms with E-state index in [4.69, 9.17) is 4.52 Å². The maximum absolute atomic E-state index is 12.7. The fourth-order valence-corrected chi connectivity index (χ4v) is 3.54. The maximum Gasteiger partial charge on any atom is 0.287 e. The first-order valence-electron chi connectivity index (χ1n) is 10.2. The number of hydrogen-bond acceptors (Lipinski definition) is 6. The van der Waals surface area contributed by atoms with Gasteiger partial charge in [0.25, 0.3) is 11.8 Å². The van der Waals surface area contributed by atoms with Crippen molar-refractivity contribution in [1.82, 2.24) is 30.4 Å². The molecular weight excluding hydrogens is 424 g/mol. The number of aryl methyl sites for hydroxylation is 2. The lowest BCUT2D eigenvalue weighted by molar-refractivity contribution is 0.0937. The highest BCUT2D eigenvalue weighted by molar-refractivity contribution is 7.84. The molecule has 0 aliphatic heterocycles. The molecule has 3 heterocycles. The van der Waals surface area contributed by atoms with Gasteiger partial charge in [0.1, 0.15) is 5.69 Å². The number of fused-ring (bicyclic) bond motifs is 1. The van der Waals surface area contributed by atoms with Crippen molar-refractivity contribution in [2.45, 2.75) is 33.2 Å². The molecule has 1 amide bonds. The Bertz CT molecular complexity index is 1330. The van der Waals surface area contributed by atoms with Crippen molar-refractivity contribution in [2.75, 3.05) is 0 Å². The normalized spacial score (nSPS) is 12.8. The van der Waals surface area contributed by atoms with Crippen LogP contribution in [0.25, 0.3) is 33.7 Å². The van der Waals surface area contributed by atoms with E-state index in [1.54, 1.807) is 13.0 Å². The van der Waals surface area contributed by atoms with E-state index in [1.165, 1.54) is 0 Å². The van der Waals surface area contributed by atoms with E-state index >= 15 is 0 Å². The third kappa shape index (κ3) is 4.38. The van der Waals surface area contributed by atoms with E-state index in [9.17, 15) is 4.79 Å². The van der Waals surface area contributed by atoms with Gasteiger partial charge < -0.3 is 19.8 Å². The molecule has 32 heavy (non-hydrogen) atoms. The fraction of sp³-hybridized carbons (Fsp3) is 0.217. The topological polar surface area (TPSA) is 112 Å². The molecule has 4 rings (SSSR count). The van der Waals surface area contributed by atoms with Gasteiger partial charge in [0.2, 0.25) is 0 Å². The molecule has 0 fully saturated rings. The number of rotatable bonds is 7. The predicted octanol–water partition coefficient (Wildman–Crippen LogP) is 4.73. The highest BCUT2D eigenvalue weighted by Crippen LogP contribution is 2.28. The second-order valence-corrected chi connectivity index (χ2v) is 8.06. The molecule has 164 valence electrons. The smallest absolute Gasteiger partial charge is 0.287 e. The van der Waals surface area contributed by atoms with E-state index in [2.05, 4.69) is 49.6 Å². The maximum atomic E-state index is 12.7. The summed E-state index contributed by atoms with van der Waals surface area (Å²) in [6, 6.07) is 7.65. The van der Waals surface area contributed by atoms with E-state index in [0.717, 1.165) is 38.5 Å². The number of imidazole rings is 1. The van der Waals surface area contributed by atoms with Gasteiger partial charge in [0.05, 0.1) is 11.7 Å². The molecule has 0 saturated heterocycles. The molecule has 0 spiro atoms. The van der Waals surface area contributed by atoms with Crippen molar-refractivity contribution >= 4 is 29.4 Å². The highest BCUT2D eigenvalue weighted by atomic mass is 32.1. The largest absolute Gasteiger partial charge is 0.351 e. The lowest BCUT2D eigenvalue weighted by Gasteiger charge is -2.12. The third-order valence-corrected chi connectivity index (χ3v) is 5.61. The Hall–Kier alpha value is -3.59. The number of thiol groups is 1. The van der Waals surface area contributed by atoms with E-state index in [0.29, 0.717) is 18.1 Å². The summed E-state index contributed by atoms with van der Waals surface area (Å²) in [7, 11) is 0. The molecule has 0 saturated carbocycles. The van der Waals surface area contributed by atoms with Crippen molar-refractivity contribution in [1.29, 1.82) is 0 Å². The van der Waals surface area contributed by atoms with Crippen molar-refractivity contribution in [3.8, 4) is 22.8 Å². The van der Waals surface area contributed by atoms with E-state index < -0.39 is 0 Å². The number of nitrogens with zero attached hydrogens (tertiary/aromatic N) is 3. The van der Waals surface area contributed by atoms with Gasteiger partial charge in [-0.05, 0) is 45.4 Å². The van der Waals surface area contributed by atoms with Crippen molar-refractivity contribution in [2.24, 2.45) is 0 Å². The van der Waals surface area contributed by atoms with Crippen LogP contribution in [0, 0.1) is 13.8 Å². The van der Waals surface area contributed by atoms with Crippen LogP contribution in [0.2, 0.25) is 0 Å². The summed E-state index contributed by atoms with van der Waals surface area (Å²) in [5.74, 6) is 0.982. The van der Waals surface area contributed by atoms with Crippen LogP contribution in [-0.4, -0.2) is 37.0 Å². The Morgan fingerprint density at radius 2 is 2.09 bits per heavy atom. The third-order valence-electron chi connectivity index (χ3n) is 5.04. The SMILES string of the molecule is C=CC/C=C(\S)C(C)NC(=O)c1nc(-c2ccc3[nH]c(-c4nc(C)no4)cc3c2)c(C)[nH]1. The number of hydrogen-bond donors (Lipinski definition) is 4. The molecule has 1 atom stereocenters. The number of allylic oxidation sites excluding steroid dienone is 2. The average Bonchev–Trinajstić information content (AvgIpc) is 3.48. The summed E-state index contributed by atoms with van der Waals surface area (Å²) in [4.78, 5) is 28.6. The first-order valence-corrected chi connectivity index (χ1v) is 10.6. The number of carbonyl (C=O) groups excluding carboxylic acids is 1. The Balaban J connectivity index is 1.58. The van der Waals surface area contributed by atoms with Gasteiger partial charge in [0, 0.05) is 27.1 Å². The Kier molecular flexibility index (Phi) is 6.00. The molecule has 0 aliphatic carbocycles. The lowest BCUT2D eigenvalue weighted by atomic mass is 10.1. The minimum absolute atomic E-state index is 0.234. The molecule has 9 heteroatoms. The Morgan fingerprint density at radius 3 is 2.81 bits per heavy atom. The van der Waals surface area contributed by atoms with Crippen LogP contribution >= 0.6 is 12.6 Å². The zero-order chi connectivity index (χ0) is 22.8. The Labute approximate surface area is 190 Å². The number of nitrogens with one attached hydrogen (secondary N) is 3. The van der Waals surface area contributed by atoms with Gasteiger partial charge in [-0.1, -0.05) is 23.4 Å². The number of aromatic nitrogens is 5. The first kappa shape index (κ1) is 21.6. The summed E-state index contributed by atoms with van der Waals surface area (Å²) in [5.41, 5.74) is 4.10. The number of benzene rings is 1. The second kappa shape index (κ2) is 8.88. The monoisotopic (exact) mass is 448 g/mol. The van der Waals surface area contributed by atoms with Crippen LogP contribution in [0.3, 0.4) is 0 Å². The highest BCUT2D eigenvalue weighted by Gasteiger charge is 2.18. The van der Waals surface area contributed by atoms with Crippen LogP contribution in [-0.2, 0) is 0 Å². The first-order chi connectivity index (χ1) is 15.4. The predicted molar refractivity (Wildman–Crippen MR) is 127 cm³/mol. The summed E-state index contributed by atoms with van der Waals surface area (Å²) in [6.45, 7) is 9.23. The molecule has 0 aliphatic rings. The van der Waals surface area contributed by atoms with E-state index in [-0.39, 0.29) is 17.8 Å². The summed E-state index contributed by atoms with van der Waals surface area (Å²) in [5, 5.41) is 7.72. The zero-order valence-corrected chi connectivity index (χ0v) is 19.0. The van der Waals surface area contributed by atoms with Gasteiger partial charge in [-0.2, -0.15) is 4.98 Å². The second-order valence-electron chi connectivity index (χ2n) is 7.54. The molecule has 1 unspecified atom stereocenters. The molecule has 0 bridgehead atoms. The van der Waals surface area contributed by atoms with Gasteiger partial charge in [-0.15, -0.1) is 19.2 Å². The van der Waals surface area contributed by atoms with E-state index in [1.807, 2.05) is 44.2 Å². The van der Waals surface area contributed by atoms with Gasteiger partial charge in [-0.25, -0.2) is 4.98 Å². The van der Waals surface area contributed by atoms with Gasteiger partial charge in [-0.3, -0.25) is 4.79 Å². The van der Waals surface area contributed by atoms with Crippen LogP contribution in [0.4, 0.5) is 0 Å². The fourth-order valence-electron chi connectivity index (χ4n) is 3.37. The molecule has 4 aromatic rings. The van der Waals surface area contributed by atoms with Gasteiger partial charge >= 0.3 is 0 Å². The quantitative estimate of drug-likeness (QED) is 0.241. The lowest BCUT2D eigenvalue weighted by Crippen LogP contribution is -2.33. The standard InChI is InChI=1S/C23H24N6O2S/c1-5-6-7-19(32)12(2)25-22(30)21-24-13(3)20(28-21)15-8-9-17-16(10-15)11-18(27-17)23-26-14(4)29-31-23/h5,7-12,27,32H,1,6H2,2-4H3,(H,24,28)(H,25,30)/b19-7-. The van der Waals surface area contributed by atoms with Crippen molar-refractivity contribution in [3.63, 3.8) is 0 Å². The molecule has 3 N–H and O–H groups in total.